The Morgan fingerprint density at radius 3 is 2.48 bits per heavy atom. The fourth-order valence-corrected chi connectivity index (χ4v) is 2.61. The lowest BCUT2D eigenvalue weighted by molar-refractivity contribution is 0.102. The van der Waals surface area contributed by atoms with Gasteiger partial charge in [-0.2, -0.15) is 0 Å². The van der Waals surface area contributed by atoms with E-state index in [0.717, 1.165) is 12.1 Å². The molecule has 1 heterocycles. The molecule has 0 unspecified atom stereocenters. The summed E-state index contributed by atoms with van der Waals surface area (Å²) in [5.74, 6) is -0.990. The summed E-state index contributed by atoms with van der Waals surface area (Å²) in [5, 5.41) is 6.44. The van der Waals surface area contributed by atoms with Gasteiger partial charge in [-0.25, -0.2) is 8.78 Å². The van der Waals surface area contributed by atoms with Crippen molar-refractivity contribution in [3.05, 3.63) is 59.4 Å². The molecule has 0 saturated carbocycles. The number of benzene rings is 2. The highest BCUT2D eigenvalue weighted by atomic mass is 19.1. The molecule has 0 aliphatic rings. The molecular weight excluding hydrogens is 358 g/mol. The second-order valence-electron chi connectivity index (χ2n) is 5.61. The number of nitrogens with one attached hydrogen (secondary N) is 1. The van der Waals surface area contributed by atoms with Crippen LogP contribution in [-0.4, -0.2) is 25.3 Å². The molecule has 0 saturated heterocycles. The molecule has 6 nitrogen and oxygen atoms in total. The monoisotopic (exact) mass is 374 g/mol. The van der Waals surface area contributed by atoms with Crippen LogP contribution in [0.4, 0.5) is 14.5 Å². The van der Waals surface area contributed by atoms with Crippen molar-refractivity contribution in [1.82, 2.24) is 5.16 Å². The lowest BCUT2D eigenvalue weighted by atomic mass is 10.0. The molecule has 3 aromatic rings. The summed E-state index contributed by atoms with van der Waals surface area (Å²) >= 11 is 0. The van der Waals surface area contributed by atoms with Crippen LogP contribution in [0.25, 0.3) is 11.3 Å². The first-order valence-corrected chi connectivity index (χ1v) is 7.89. The topological polar surface area (TPSA) is 73.6 Å². The number of carbonyl (C=O) groups excluding carboxylic acids is 1. The van der Waals surface area contributed by atoms with Gasteiger partial charge in [-0.15, -0.1) is 0 Å². The van der Waals surface area contributed by atoms with Gasteiger partial charge in [0.15, 0.2) is 11.5 Å². The third-order valence-corrected chi connectivity index (χ3v) is 3.92. The zero-order valence-electron chi connectivity index (χ0n) is 14.8. The second kappa shape index (κ2) is 7.45. The van der Waals surface area contributed by atoms with E-state index < -0.39 is 17.5 Å². The molecule has 0 aliphatic heterocycles. The van der Waals surface area contributed by atoms with E-state index in [9.17, 15) is 13.6 Å². The Labute approximate surface area is 153 Å². The number of hydrogen-bond donors (Lipinski definition) is 1. The van der Waals surface area contributed by atoms with Gasteiger partial charge >= 0.3 is 0 Å². The molecule has 1 amide bonds. The molecule has 3 rings (SSSR count). The third-order valence-electron chi connectivity index (χ3n) is 3.92. The Bertz CT molecular complexity index is 1000. The number of ether oxygens (including phenoxy) is 2. The fourth-order valence-electron chi connectivity index (χ4n) is 2.61. The van der Waals surface area contributed by atoms with Crippen molar-refractivity contribution >= 4 is 11.6 Å². The van der Waals surface area contributed by atoms with E-state index in [0.29, 0.717) is 17.2 Å². The van der Waals surface area contributed by atoms with Gasteiger partial charge < -0.3 is 19.3 Å². The van der Waals surface area contributed by atoms with Crippen LogP contribution in [0.2, 0.25) is 0 Å². The van der Waals surface area contributed by atoms with Gasteiger partial charge in [-0.3, -0.25) is 4.79 Å². The van der Waals surface area contributed by atoms with Crippen LogP contribution in [-0.2, 0) is 0 Å². The quantitative estimate of drug-likeness (QED) is 0.725. The van der Waals surface area contributed by atoms with E-state index in [1.807, 2.05) is 0 Å². The van der Waals surface area contributed by atoms with Gasteiger partial charge in [0.1, 0.15) is 28.7 Å². The normalized spacial score (nSPS) is 10.6. The largest absolute Gasteiger partial charge is 0.493 e. The van der Waals surface area contributed by atoms with Gasteiger partial charge in [-0.1, -0.05) is 5.16 Å². The molecule has 1 aromatic heterocycles. The van der Waals surface area contributed by atoms with Crippen molar-refractivity contribution in [3.8, 4) is 22.8 Å². The summed E-state index contributed by atoms with van der Waals surface area (Å²) in [6.45, 7) is 1.53. The lowest BCUT2D eigenvalue weighted by Gasteiger charge is -2.11. The maximum absolute atomic E-state index is 14.1. The van der Waals surface area contributed by atoms with Gasteiger partial charge in [-0.05, 0) is 31.2 Å². The Hall–Kier alpha value is -3.42. The second-order valence-corrected chi connectivity index (χ2v) is 5.61. The molecule has 0 bridgehead atoms. The Morgan fingerprint density at radius 2 is 1.81 bits per heavy atom. The van der Waals surface area contributed by atoms with Crippen LogP contribution in [0.1, 0.15) is 16.1 Å². The van der Waals surface area contributed by atoms with E-state index in [2.05, 4.69) is 10.5 Å². The summed E-state index contributed by atoms with van der Waals surface area (Å²) in [4.78, 5) is 12.7. The van der Waals surface area contributed by atoms with E-state index in [-0.39, 0.29) is 22.6 Å². The highest BCUT2D eigenvalue weighted by Gasteiger charge is 2.24. The number of aryl methyl sites for hydroxylation is 1. The average molecular weight is 374 g/mol. The van der Waals surface area contributed by atoms with E-state index in [1.54, 1.807) is 18.2 Å². The highest BCUT2D eigenvalue weighted by molar-refractivity contribution is 6.08. The van der Waals surface area contributed by atoms with Crippen molar-refractivity contribution in [2.24, 2.45) is 0 Å². The summed E-state index contributed by atoms with van der Waals surface area (Å²) in [7, 11) is 2.98. The molecule has 27 heavy (non-hydrogen) atoms. The Morgan fingerprint density at radius 1 is 1.07 bits per heavy atom. The summed E-state index contributed by atoms with van der Waals surface area (Å²) in [6, 6.07) is 7.84. The number of amides is 1. The number of anilines is 1. The first-order valence-electron chi connectivity index (χ1n) is 7.89. The van der Waals surface area contributed by atoms with E-state index in [1.165, 1.54) is 27.2 Å². The van der Waals surface area contributed by atoms with Crippen LogP contribution < -0.4 is 14.8 Å². The smallest absolute Gasteiger partial charge is 0.261 e. The van der Waals surface area contributed by atoms with Crippen molar-refractivity contribution < 1.29 is 27.6 Å². The maximum atomic E-state index is 14.1. The molecule has 0 atom stereocenters. The predicted octanol–water partition coefficient (Wildman–Crippen LogP) is 4.20. The number of halogens is 2. The minimum atomic E-state index is -0.844. The molecule has 1 N–H and O–H groups in total. The van der Waals surface area contributed by atoms with Crippen LogP contribution in [0.15, 0.2) is 40.9 Å². The number of carbonyl (C=O) groups is 1. The summed E-state index contributed by atoms with van der Waals surface area (Å²) < 4.78 is 42.7. The van der Waals surface area contributed by atoms with Crippen LogP contribution in [0, 0.1) is 18.6 Å². The van der Waals surface area contributed by atoms with Gasteiger partial charge in [0.25, 0.3) is 5.91 Å². The number of aromatic nitrogens is 1. The van der Waals surface area contributed by atoms with Crippen molar-refractivity contribution in [2.45, 2.75) is 6.92 Å². The molecular formula is C19H16F2N2O4. The molecule has 0 spiro atoms. The number of nitrogens with zero attached hydrogens (tertiary/aromatic N) is 1. The van der Waals surface area contributed by atoms with Gasteiger partial charge in [0, 0.05) is 23.4 Å². The molecule has 0 radical (unpaired) electrons. The highest BCUT2D eigenvalue weighted by Crippen LogP contribution is 2.32. The number of rotatable bonds is 5. The van der Waals surface area contributed by atoms with Gasteiger partial charge in [0.2, 0.25) is 0 Å². The third kappa shape index (κ3) is 3.59. The molecule has 0 fully saturated rings. The maximum Gasteiger partial charge on any atom is 0.261 e. The van der Waals surface area contributed by atoms with Crippen molar-refractivity contribution in [2.75, 3.05) is 19.5 Å². The van der Waals surface area contributed by atoms with Crippen LogP contribution >= 0.6 is 0 Å². The number of hydrogen-bond acceptors (Lipinski definition) is 5. The summed E-state index contributed by atoms with van der Waals surface area (Å²) in [6.07, 6.45) is 0. The minimum Gasteiger partial charge on any atom is -0.493 e. The Balaban J connectivity index is 1.95. The molecule has 8 heteroatoms. The average Bonchev–Trinajstić information content (AvgIpc) is 3.03. The zero-order chi connectivity index (χ0) is 19.6. The summed E-state index contributed by atoms with van der Waals surface area (Å²) in [5.41, 5.74) is 0.438. The number of methoxy groups -OCH3 is 2. The molecule has 140 valence electrons. The van der Waals surface area contributed by atoms with E-state index >= 15 is 0 Å². The zero-order valence-corrected chi connectivity index (χ0v) is 14.8. The standard InChI is InChI=1S/C19H16F2N2O4/c1-10-17(18(23-27-10)13-6-4-11(20)8-14(13)21)19(24)22-12-5-7-15(25-2)16(9-12)26-3/h4-9H,1-3H3,(H,22,24). The first-order chi connectivity index (χ1) is 12.9. The molecule has 2 aromatic carbocycles. The minimum absolute atomic E-state index is 0.0111. The van der Waals surface area contributed by atoms with Crippen molar-refractivity contribution in [3.63, 3.8) is 0 Å². The van der Waals surface area contributed by atoms with Crippen molar-refractivity contribution in [1.29, 1.82) is 0 Å². The van der Waals surface area contributed by atoms with Gasteiger partial charge in [0.05, 0.1) is 14.2 Å². The Kier molecular flexibility index (Phi) is 5.07. The first kappa shape index (κ1) is 18.4. The van der Waals surface area contributed by atoms with E-state index in [4.69, 9.17) is 14.0 Å². The van der Waals surface area contributed by atoms with Crippen LogP contribution in [0.3, 0.4) is 0 Å². The molecule has 0 aliphatic carbocycles. The predicted molar refractivity (Wildman–Crippen MR) is 94.1 cm³/mol. The van der Waals surface area contributed by atoms with Crippen LogP contribution in [0.5, 0.6) is 11.5 Å². The SMILES string of the molecule is COc1ccc(NC(=O)c2c(-c3ccc(F)cc3F)noc2C)cc1OC. The fraction of sp³-hybridized carbons (Fsp3) is 0.158. The lowest BCUT2D eigenvalue weighted by Crippen LogP contribution is -2.14.